The van der Waals surface area contributed by atoms with E-state index in [0.717, 1.165) is 11.1 Å². The lowest BCUT2D eigenvalue weighted by molar-refractivity contribution is -0.0866. The number of imidazole rings is 1. The predicted octanol–water partition coefficient (Wildman–Crippen LogP) is 7.31. The molecule has 0 saturated carbocycles. The first-order valence-corrected chi connectivity index (χ1v) is 13.6. The van der Waals surface area contributed by atoms with E-state index >= 15 is 0 Å². The number of hydrogen-bond donors (Lipinski definition) is 1. The van der Waals surface area contributed by atoms with Crippen molar-refractivity contribution < 1.29 is 14.2 Å². The largest absolute Gasteiger partial charge is 0.374 e. The molecule has 0 fully saturated rings. The van der Waals surface area contributed by atoms with Gasteiger partial charge in [-0.05, 0) is 29.3 Å². The number of benzene rings is 3. The number of nitrogens with one attached hydrogen (secondary N) is 1. The smallest absolute Gasteiger partial charge is 0.230 e. The van der Waals surface area contributed by atoms with Gasteiger partial charge in [-0.3, -0.25) is 4.57 Å². The van der Waals surface area contributed by atoms with E-state index in [0.29, 0.717) is 53.3 Å². The van der Waals surface area contributed by atoms with Crippen molar-refractivity contribution in [2.45, 2.75) is 26.0 Å². The lowest BCUT2D eigenvalue weighted by atomic mass is 10.2. The standard InChI is InChI=1S/C29H26Cl3N5O3/c30-22-11-23(31)13-24(12-22)34-29-35-27(32)26-28(36-29)37(18-33-26)19-40-25(16-38-14-20-7-3-1-4-8-20)17-39-15-21-9-5-2-6-10-21/h1-13,18,25H,14-17,19H2,(H,34,35,36). The minimum Gasteiger partial charge on any atom is -0.374 e. The molecule has 0 aliphatic heterocycles. The van der Waals surface area contributed by atoms with E-state index in [9.17, 15) is 0 Å². The van der Waals surface area contributed by atoms with Gasteiger partial charge in [-0.25, -0.2) is 4.98 Å². The topological polar surface area (TPSA) is 83.3 Å². The van der Waals surface area contributed by atoms with Crippen LogP contribution in [0.3, 0.4) is 0 Å². The third kappa shape index (κ3) is 7.91. The molecule has 11 heteroatoms. The number of hydrogen-bond acceptors (Lipinski definition) is 7. The molecular formula is C29H26Cl3N5O3. The van der Waals surface area contributed by atoms with Crippen LogP contribution in [-0.2, 0) is 34.2 Å². The van der Waals surface area contributed by atoms with Crippen molar-refractivity contribution >= 4 is 57.6 Å². The second kappa shape index (κ2) is 13.9. The average molecular weight is 599 g/mol. The molecule has 0 radical (unpaired) electrons. The van der Waals surface area contributed by atoms with Gasteiger partial charge in [-0.1, -0.05) is 95.5 Å². The van der Waals surface area contributed by atoms with Gasteiger partial charge in [0, 0.05) is 15.7 Å². The molecule has 0 aliphatic carbocycles. The molecule has 206 valence electrons. The van der Waals surface area contributed by atoms with Crippen molar-refractivity contribution in [3.63, 3.8) is 0 Å². The Kier molecular flexibility index (Phi) is 9.83. The minimum atomic E-state index is -0.339. The molecule has 0 atom stereocenters. The number of halogens is 3. The normalized spacial score (nSPS) is 11.4. The highest BCUT2D eigenvalue weighted by atomic mass is 35.5. The summed E-state index contributed by atoms with van der Waals surface area (Å²) in [5.74, 6) is 0.270. The van der Waals surface area contributed by atoms with Crippen molar-refractivity contribution in [2.75, 3.05) is 18.5 Å². The van der Waals surface area contributed by atoms with Crippen molar-refractivity contribution in [2.24, 2.45) is 0 Å². The molecule has 5 rings (SSSR count). The average Bonchev–Trinajstić information content (AvgIpc) is 3.35. The second-order valence-corrected chi connectivity index (χ2v) is 10.2. The first kappa shape index (κ1) is 28.3. The van der Waals surface area contributed by atoms with Gasteiger partial charge in [-0.2, -0.15) is 9.97 Å². The van der Waals surface area contributed by atoms with Crippen molar-refractivity contribution in [1.29, 1.82) is 0 Å². The summed E-state index contributed by atoms with van der Waals surface area (Å²) in [4.78, 5) is 13.3. The Morgan fingerprint density at radius 1 is 0.775 bits per heavy atom. The summed E-state index contributed by atoms with van der Waals surface area (Å²) < 4.78 is 19.9. The van der Waals surface area contributed by atoms with E-state index in [2.05, 4.69) is 20.3 Å². The fourth-order valence-electron chi connectivity index (χ4n) is 3.91. The van der Waals surface area contributed by atoms with Crippen LogP contribution in [0.2, 0.25) is 15.2 Å². The second-order valence-electron chi connectivity index (χ2n) is 8.93. The zero-order valence-corrected chi connectivity index (χ0v) is 23.6. The maximum absolute atomic E-state index is 6.42. The predicted molar refractivity (Wildman–Crippen MR) is 157 cm³/mol. The quantitative estimate of drug-likeness (QED) is 0.142. The van der Waals surface area contributed by atoms with Gasteiger partial charge in [0.1, 0.15) is 18.4 Å². The number of nitrogens with zero attached hydrogens (tertiary/aromatic N) is 4. The molecule has 0 spiro atoms. The summed E-state index contributed by atoms with van der Waals surface area (Å²) in [5.41, 5.74) is 3.75. The minimum absolute atomic E-state index is 0.153. The summed E-state index contributed by atoms with van der Waals surface area (Å²) in [6.07, 6.45) is 1.27. The van der Waals surface area contributed by atoms with Crippen LogP contribution in [0, 0.1) is 0 Å². The third-order valence-corrected chi connectivity index (χ3v) is 6.52. The molecule has 0 unspecified atom stereocenters. The monoisotopic (exact) mass is 597 g/mol. The number of rotatable bonds is 13. The molecule has 1 N–H and O–H groups in total. The zero-order valence-electron chi connectivity index (χ0n) is 21.3. The Balaban J connectivity index is 1.26. The molecule has 8 nitrogen and oxygen atoms in total. The molecule has 40 heavy (non-hydrogen) atoms. The van der Waals surface area contributed by atoms with Crippen LogP contribution in [0.1, 0.15) is 11.1 Å². The highest BCUT2D eigenvalue weighted by molar-refractivity contribution is 6.35. The Bertz CT molecular complexity index is 1470. The fraction of sp³-hybridized carbons (Fsp3) is 0.207. The molecule has 0 aliphatic rings. The Hall–Kier alpha value is -3.24. The molecule has 0 saturated heterocycles. The zero-order chi connectivity index (χ0) is 27.7. The van der Waals surface area contributed by atoms with Gasteiger partial charge in [-0.15, -0.1) is 0 Å². The van der Waals surface area contributed by atoms with E-state index in [1.165, 1.54) is 0 Å². The van der Waals surface area contributed by atoms with Gasteiger partial charge in [0.15, 0.2) is 10.8 Å². The maximum atomic E-state index is 6.42. The van der Waals surface area contributed by atoms with Crippen LogP contribution < -0.4 is 5.32 Å². The van der Waals surface area contributed by atoms with E-state index in [1.54, 1.807) is 29.1 Å². The molecular weight excluding hydrogens is 573 g/mol. The Morgan fingerprint density at radius 2 is 1.38 bits per heavy atom. The van der Waals surface area contributed by atoms with Crippen LogP contribution in [0.25, 0.3) is 11.2 Å². The first-order chi connectivity index (χ1) is 19.5. The van der Waals surface area contributed by atoms with Crippen molar-refractivity contribution in [3.8, 4) is 0 Å². The maximum Gasteiger partial charge on any atom is 0.230 e. The van der Waals surface area contributed by atoms with Crippen LogP contribution in [-0.4, -0.2) is 38.8 Å². The van der Waals surface area contributed by atoms with Crippen molar-refractivity contribution in [1.82, 2.24) is 19.5 Å². The van der Waals surface area contributed by atoms with E-state index in [-0.39, 0.29) is 23.9 Å². The lowest BCUT2D eigenvalue weighted by Gasteiger charge is -2.19. The number of ether oxygens (including phenoxy) is 3. The summed E-state index contributed by atoms with van der Waals surface area (Å²) in [5, 5.41) is 4.26. The molecule has 2 heterocycles. The molecule has 2 aromatic heterocycles. The Morgan fingerprint density at radius 3 is 1.98 bits per heavy atom. The van der Waals surface area contributed by atoms with E-state index < -0.39 is 0 Å². The molecule has 3 aromatic carbocycles. The first-order valence-electron chi connectivity index (χ1n) is 12.5. The van der Waals surface area contributed by atoms with Gasteiger partial charge in [0.05, 0.1) is 32.8 Å². The summed E-state index contributed by atoms with van der Waals surface area (Å²) >= 11 is 18.7. The fourth-order valence-corrected chi connectivity index (χ4v) is 4.65. The summed E-state index contributed by atoms with van der Waals surface area (Å²) in [6.45, 7) is 1.78. The van der Waals surface area contributed by atoms with Gasteiger partial charge >= 0.3 is 0 Å². The number of anilines is 2. The van der Waals surface area contributed by atoms with Crippen LogP contribution in [0.15, 0.2) is 85.2 Å². The lowest BCUT2D eigenvalue weighted by Crippen LogP contribution is -2.27. The highest BCUT2D eigenvalue weighted by Gasteiger charge is 2.16. The highest BCUT2D eigenvalue weighted by Crippen LogP contribution is 2.26. The van der Waals surface area contributed by atoms with Crippen LogP contribution in [0.4, 0.5) is 11.6 Å². The van der Waals surface area contributed by atoms with Crippen LogP contribution >= 0.6 is 34.8 Å². The summed E-state index contributed by atoms with van der Waals surface area (Å²) in [7, 11) is 0. The van der Waals surface area contributed by atoms with Crippen molar-refractivity contribution in [3.05, 3.63) is 112 Å². The van der Waals surface area contributed by atoms with Gasteiger partial charge in [0.25, 0.3) is 0 Å². The molecule has 0 amide bonds. The number of aromatic nitrogens is 4. The van der Waals surface area contributed by atoms with Gasteiger partial charge in [0.2, 0.25) is 5.95 Å². The third-order valence-electron chi connectivity index (χ3n) is 5.82. The Labute approximate surface area is 246 Å². The molecule has 0 bridgehead atoms. The van der Waals surface area contributed by atoms with Gasteiger partial charge < -0.3 is 19.5 Å². The van der Waals surface area contributed by atoms with Crippen LogP contribution in [0.5, 0.6) is 0 Å². The summed E-state index contributed by atoms with van der Waals surface area (Å²) in [6, 6.07) is 25.0. The number of fused-ring (bicyclic) bond motifs is 1. The molecule has 5 aromatic rings. The van der Waals surface area contributed by atoms with E-state index in [4.69, 9.17) is 49.0 Å². The SMILES string of the molecule is Clc1cc(Cl)cc(Nc2nc(Cl)c3ncn(COC(COCc4ccccc4)COCc4ccccc4)c3n2)c1. The van der Waals surface area contributed by atoms with E-state index in [1.807, 2.05) is 60.7 Å².